The molecule has 0 radical (unpaired) electrons. The van der Waals surface area contributed by atoms with E-state index in [2.05, 4.69) is 0 Å². The highest BCUT2D eigenvalue weighted by atomic mass is 19.1. The zero-order chi connectivity index (χ0) is 23.2. The van der Waals surface area contributed by atoms with Gasteiger partial charge >= 0.3 is 0 Å². The molecule has 2 heterocycles. The Balaban J connectivity index is 1.74. The minimum absolute atomic E-state index is 0.0520. The maximum Gasteiger partial charge on any atom is 0.227 e. The number of carbonyl (C=O) groups is 1. The lowest BCUT2D eigenvalue weighted by atomic mass is 10.1. The quantitative estimate of drug-likeness (QED) is 0.444. The van der Waals surface area contributed by atoms with E-state index in [4.69, 9.17) is 14.6 Å². The van der Waals surface area contributed by atoms with Gasteiger partial charge in [-0.2, -0.15) is 5.10 Å². The van der Waals surface area contributed by atoms with Crippen LogP contribution in [0.5, 0.6) is 11.6 Å². The van der Waals surface area contributed by atoms with Crippen LogP contribution in [-0.4, -0.2) is 39.8 Å². The summed E-state index contributed by atoms with van der Waals surface area (Å²) in [5.74, 6) is 0.771. The van der Waals surface area contributed by atoms with Crippen molar-refractivity contribution in [3.8, 4) is 17.3 Å². The minimum atomic E-state index is -0.329. The molecule has 0 saturated carbocycles. The Morgan fingerprint density at radius 3 is 2.58 bits per heavy atom. The summed E-state index contributed by atoms with van der Waals surface area (Å²) in [6, 6.07) is 15.6. The van der Waals surface area contributed by atoms with E-state index in [1.807, 2.05) is 49.1 Å². The van der Waals surface area contributed by atoms with Gasteiger partial charge in [0.15, 0.2) is 0 Å². The summed E-state index contributed by atoms with van der Waals surface area (Å²) in [7, 11) is 0. The van der Waals surface area contributed by atoms with Crippen molar-refractivity contribution < 1.29 is 18.7 Å². The fourth-order valence-corrected chi connectivity index (χ4v) is 4.09. The van der Waals surface area contributed by atoms with Crippen molar-refractivity contribution in [2.24, 2.45) is 0 Å². The van der Waals surface area contributed by atoms with Crippen LogP contribution in [-0.2, 0) is 22.5 Å². The number of amides is 1. The van der Waals surface area contributed by atoms with Crippen molar-refractivity contribution in [2.45, 2.75) is 52.2 Å². The molecule has 1 aliphatic rings. The first-order valence-corrected chi connectivity index (χ1v) is 11.6. The molecule has 1 amide bonds. The Morgan fingerprint density at radius 1 is 1.18 bits per heavy atom. The summed E-state index contributed by atoms with van der Waals surface area (Å²) < 4.78 is 27.3. The molecule has 1 saturated heterocycles. The number of para-hydroxylation sites is 1. The molecule has 33 heavy (non-hydrogen) atoms. The normalized spacial score (nSPS) is 15.5. The number of carbonyl (C=O) groups excluding carboxylic acids is 1. The summed E-state index contributed by atoms with van der Waals surface area (Å²) in [6.45, 7) is 5.56. The molecule has 1 aliphatic heterocycles. The molecule has 1 aromatic heterocycles. The van der Waals surface area contributed by atoms with Gasteiger partial charge < -0.3 is 14.4 Å². The maximum atomic E-state index is 13.5. The predicted octanol–water partition coefficient (Wildman–Crippen LogP) is 5.28. The van der Waals surface area contributed by atoms with Gasteiger partial charge in [-0.05, 0) is 55.7 Å². The maximum absolute atomic E-state index is 13.5. The smallest absolute Gasteiger partial charge is 0.227 e. The molecule has 3 aromatic rings. The van der Waals surface area contributed by atoms with Crippen LogP contribution in [0.1, 0.15) is 44.4 Å². The van der Waals surface area contributed by atoms with Crippen LogP contribution in [0.3, 0.4) is 0 Å². The number of nitrogens with zero attached hydrogens (tertiary/aromatic N) is 3. The third-order valence-electron chi connectivity index (χ3n) is 5.84. The standard InChI is InChI=1S/C26H30FN3O3/c1-3-24-23(18-29(25(31)4-2)17-22-11-8-16-32-22)26(33-21-14-12-19(27)13-15-21)30(28-24)20-9-6-5-7-10-20/h5-7,9-10,12-15,22H,3-4,8,11,16-18H2,1-2H3/t22-/m0/s1. The molecule has 0 bridgehead atoms. The van der Waals surface area contributed by atoms with E-state index in [1.165, 1.54) is 12.1 Å². The highest BCUT2D eigenvalue weighted by Crippen LogP contribution is 2.33. The van der Waals surface area contributed by atoms with Crippen LogP contribution in [0.15, 0.2) is 54.6 Å². The van der Waals surface area contributed by atoms with Crippen LogP contribution in [0.4, 0.5) is 4.39 Å². The van der Waals surface area contributed by atoms with Gasteiger partial charge in [0.1, 0.15) is 11.6 Å². The molecule has 7 heteroatoms. The van der Waals surface area contributed by atoms with Crippen LogP contribution < -0.4 is 4.74 Å². The van der Waals surface area contributed by atoms with Gasteiger partial charge in [-0.25, -0.2) is 9.07 Å². The molecule has 4 rings (SSSR count). The number of hydrogen-bond acceptors (Lipinski definition) is 4. The van der Waals surface area contributed by atoms with E-state index in [0.29, 0.717) is 37.6 Å². The fourth-order valence-electron chi connectivity index (χ4n) is 4.09. The van der Waals surface area contributed by atoms with E-state index >= 15 is 0 Å². The minimum Gasteiger partial charge on any atom is -0.439 e. The second kappa shape index (κ2) is 10.6. The Bertz CT molecular complexity index is 1060. The zero-order valence-corrected chi connectivity index (χ0v) is 19.2. The molecule has 0 aliphatic carbocycles. The van der Waals surface area contributed by atoms with Gasteiger partial charge in [-0.3, -0.25) is 4.79 Å². The van der Waals surface area contributed by atoms with Crippen molar-refractivity contribution >= 4 is 5.91 Å². The monoisotopic (exact) mass is 451 g/mol. The number of halogens is 1. The third-order valence-corrected chi connectivity index (χ3v) is 5.84. The zero-order valence-electron chi connectivity index (χ0n) is 19.2. The predicted molar refractivity (Wildman–Crippen MR) is 124 cm³/mol. The summed E-state index contributed by atoms with van der Waals surface area (Å²) in [4.78, 5) is 14.7. The number of ether oxygens (including phenoxy) is 2. The van der Waals surface area contributed by atoms with E-state index < -0.39 is 0 Å². The van der Waals surface area contributed by atoms with Crippen molar-refractivity contribution in [1.82, 2.24) is 14.7 Å². The summed E-state index contributed by atoms with van der Waals surface area (Å²) in [6.07, 6.45) is 3.12. The highest BCUT2D eigenvalue weighted by molar-refractivity contribution is 5.76. The van der Waals surface area contributed by atoms with Crippen molar-refractivity contribution in [3.63, 3.8) is 0 Å². The van der Waals surface area contributed by atoms with Crippen LogP contribution in [0.2, 0.25) is 0 Å². The van der Waals surface area contributed by atoms with Gasteiger partial charge in [0.25, 0.3) is 0 Å². The molecule has 2 aromatic carbocycles. The Hall–Kier alpha value is -3.19. The van der Waals surface area contributed by atoms with E-state index in [-0.39, 0.29) is 17.8 Å². The number of rotatable bonds is 9. The van der Waals surface area contributed by atoms with Crippen molar-refractivity contribution in [2.75, 3.05) is 13.2 Å². The molecular weight excluding hydrogens is 421 g/mol. The van der Waals surface area contributed by atoms with Crippen LogP contribution in [0.25, 0.3) is 5.69 Å². The van der Waals surface area contributed by atoms with Gasteiger partial charge in [0.2, 0.25) is 11.8 Å². The summed E-state index contributed by atoms with van der Waals surface area (Å²) in [5.41, 5.74) is 2.56. The summed E-state index contributed by atoms with van der Waals surface area (Å²) >= 11 is 0. The number of benzene rings is 2. The summed E-state index contributed by atoms with van der Waals surface area (Å²) in [5, 5.41) is 4.83. The van der Waals surface area contributed by atoms with Crippen molar-refractivity contribution in [1.29, 1.82) is 0 Å². The molecule has 174 valence electrons. The Kier molecular flexibility index (Phi) is 7.40. The van der Waals surface area contributed by atoms with E-state index in [1.54, 1.807) is 16.8 Å². The average Bonchev–Trinajstić information content (AvgIpc) is 3.48. The second-order valence-corrected chi connectivity index (χ2v) is 8.15. The lowest BCUT2D eigenvalue weighted by Gasteiger charge is -2.25. The number of aryl methyl sites for hydroxylation is 1. The van der Waals surface area contributed by atoms with Gasteiger partial charge in [0.05, 0.1) is 29.6 Å². The lowest BCUT2D eigenvalue weighted by molar-refractivity contribution is -0.133. The molecular formula is C26H30FN3O3. The van der Waals surface area contributed by atoms with Gasteiger partial charge in [-0.15, -0.1) is 0 Å². The molecule has 0 spiro atoms. The largest absolute Gasteiger partial charge is 0.439 e. The second-order valence-electron chi connectivity index (χ2n) is 8.15. The SMILES string of the molecule is CCC(=O)N(Cc1c(CC)nn(-c2ccccc2)c1Oc1ccc(F)cc1)C[C@@H]1CCCO1. The van der Waals surface area contributed by atoms with Crippen molar-refractivity contribution in [3.05, 3.63) is 71.7 Å². The average molecular weight is 452 g/mol. The molecule has 6 nitrogen and oxygen atoms in total. The first-order valence-electron chi connectivity index (χ1n) is 11.6. The number of aromatic nitrogens is 2. The van der Waals surface area contributed by atoms with E-state index in [0.717, 1.165) is 36.4 Å². The first-order chi connectivity index (χ1) is 16.1. The van der Waals surface area contributed by atoms with Gasteiger partial charge in [0, 0.05) is 19.6 Å². The third kappa shape index (κ3) is 5.42. The Labute approximate surface area is 193 Å². The lowest BCUT2D eigenvalue weighted by Crippen LogP contribution is -2.36. The number of hydrogen-bond donors (Lipinski definition) is 0. The molecule has 1 fully saturated rings. The molecule has 0 N–H and O–H groups in total. The van der Waals surface area contributed by atoms with Crippen LogP contribution >= 0.6 is 0 Å². The van der Waals surface area contributed by atoms with Crippen LogP contribution in [0, 0.1) is 5.82 Å². The molecule has 0 unspecified atom stereocenters. The first kappa shape index (κ1) is 23.0. The molecule has 1 atom stereocenters. The highest BCUT2D eigenvalue weighted by Gasteiger charge is 2.27. The topological polar surface area (TPSA) is 56.6 Å². The Morgan fingerprint density at radius 2 is 1.94 bits per heavy atom. The van der Waals surface area contributed by atoms with E-state index in [9.17, 15) is 9.18 Å². The van der Waals surface area contributed by atoms with Gasteiger partial charge in [-0.1, -0.05) is 32.0 Å². The fraction of sp³-hybridized carbons (Fsp3) is 0.385.